The SMILES string of the molecule is CCN(CC)CC.C[C@](O)(CBr)C(=O)O.O=CO[O-].O=S(=O)(F)c1ccc(O)cc1.O=S(Cl)Cl.[C-]#[N+]c1ccc(N)cc1C(F)(F)F.[C-]#[N+]c1ccc(NC(=O)[C@@](C)(O)CBr)cc1C(F)(F)F.[C-]#[N+]c1ccc(NC(=O)[C@@](C)(O)COc2ccc(S(=O)(=O)F)cc2)cc1C(F)(F)F.[C-]#[N+]c1ccc(NC(=O)[C@]2(C)CO2)cc1C(F)(F)F.[H-].[K+].[K+]. The number of rotatable bonds is 18. The molecule has 0 unspecified atom stereocenters. The monoisotopic (exact) mass is 1970 g/mol. The summed E-state index contributed by atoms with van der Waals surface area (Å²) in [4.78, 5) is 69.2. The number of aromatic hydroxyl groups is 1. The maximum atomic E-state index is 13.0. The number of nitrogens with zero attached hydrogens (tertiary/aromatic N) is 5. The first kappa shape index (κ1) is 118. The van der Waals surface area contributed by atoms with Gasteiger partial charge in [0.2, 0.25) is 9.23 Å². The molecule has 28 nitrogen and oxygen atoms in total. The number of epoxide rings is 1. The molecule has 0 radical (unpaired) electrons. The first-order valence-corrected chi connectivity index (χ1v) is 38.7. The first-order valence-electron chi connectivity index (χ1n) is 30.9. The quantitative estimate of drug-likeness (QED) is 0.00370. The fourth-order valence-electron chi connectivity index (χ4n) is 7.11. The van der Waals surface area contributed by atoms with Gasteiger partial charge in [-0.15, -0.1) is 7.77 Å². The fourth-order valence-corrected chi connectivity index (χ4v) is 8.53. The zero-order valence-corrected chi connectivity index (χ0v) is 75.7. The molecule has 6 aromatic rings. The van der Waals surface area contributed by atoms with Crippen LogP contribution in [-0.2, 0) is 88.0 Å². The number of aliphatic hydroxyl groups is 3. The molecule has 3 amide bonds. The third-order valence-corrected chi connectivity index (χ3v) is 17.5. The number of carboxylic acid groups (broad SMARTS) is 1. The van der Waals surface area contributed by atoms with Gasteiger partial charge in [-0.1, -0.05) is 76.9 Å². The Morgan fingerprint density at radius 2 is 0.890 bits per heavy atom. The number of hydrogen-bond acceptors (Lipinski definition) is 20. The Morgan fingerprint density at radius 1 is 0.602 bits per heavy atom. The summed E-state index contributed by atoms with van der Waals surface area (Å²) in [5.41, 5.74) is -8.36. The van der Waals surface area contributed by atoms with Gasteiger partial charge in [-0.25, -0.2) is 28.4 Å². The van der Waals surface area contributed by atoms with E-state index in [1.165, 1.54) is 51.7 Å². The Balaban J connectivity index is -0.000000435. The minimum absolute atomic E-state index is 0. The predicted octanol–water partition coefficient (Wildman–Crippen LogP) is 9.06. The number of phenols is 1. The van der Waals surface area contributed by atoms with Gasteiger partial charge in [-0.05, 0) is 144 Å². The summed E-state index contributed by atoms with van der Waals surface area (Å²) in [6.45, 7) is 41.3. The maximum absolute atomic E-state index is 13.0. The standard InChI is InChI=1S/C18H14F4N2O5S.C12H10BrF3N2O2.C12H9F3N2O2.C8H5F3N2.C6H5FO3S.C6H15N.C4H7BrO3.CH2O3.Cl2OS.2K.H/c1-17(26,10-29-12-4-6-13(7-5-12)30(22,27)28)16(25)24-11-3-8-15(23-2)14(9-11)18(19,20)21;1-11(20,6-13)10(19)18-7-3-4-9(17-2)8(5-7)12(14,15)16;1-11(6-19-11)10(18)17-7-3-4-9(16-2)8(5-7)12(13,14)15;1-13-7-3-2-5(12)4-6(7)8(9,10)11;7-11(9,10)6-3-1-5(8)2-4-6;1-4-7(5-2)6-3;1-4(8,2-5)3(6)7;2-1-4-3;1-4(2)3;;;/h3-9,26H,10H2,1H3,(H,24,25);3-5,20H,6H2,1H3,(H,18,19);3-5H,6H2,1H3,(H,17,18);2-4H,12H2;1-4,8H;4-6H2,1-3H3;8H,2H2,1H3,(H,6,7);1,3H;;;;/q;;;;;;;;;2*+1;-1/p-1/t17-;2*11-;;;;4-;;;;;/m000...0...../s1. The summed E-state index contributed by atoms with van der Waals surface area (Å²) in [7, 11) is -2.17. The number of halogens is 18. The average molecular weight is 1970 g/mol. The van der Waals surface area contributed by atoms with Gasteiger partial charge in [0.1, 0.15) is 23.7 Å². The molecule has 1 aliphatic rings. The second kappa shape index (κ2) is 53.5. The number of phenolic OH excluding ortho intramolecular Hbond substituents is 1. The number of aliphatic carboxylic acids is 1. The van der Waals surface area contributed by atoms with Crippen molar-refractivity contribution in [3.8, 4) is 11.5 Å². The molecule has 1 heterocycles. The van der Waals surface area contributed by atoms with Crippen molar-refractivity contribution in [1.82, 2.24) is 4.90 Å². The van der Waals surface area contributed by atoms with Crippen LogP contribution in [0, 0.1) is 26.3 Å². The molecule has 51 heteroatoms. The van der Waals surface area contributed by atoms with Gasteiger partial charge >= 0.3 is 154 Å². The third-order valence-electron chi connectivity index (χ3n) is 13.6. The Hall–Kier alpha value is -6.33. The van der Waals surface area contributed by atoms with Crippen LogP contribution in [0.4, 0.5) is 106 Å². The molecule has 0 spiro atoms. The van der Waals surface area contributed by atoms with Crippen LogP contribution in [0.25, 0.3) is 19.4 Å². The Labute approximate surface area is 780 Å². The van der Waals surface area contributed by atoms with E-state index in [4.69, 9.17) is 71.1 Å². The first-order chi connectivity index (χ1) is 53.1. The zero-order chi connectivity index (χ0) is 90.6. The van der Waals surface area contributed by atoms with E-state index < -0.39 is 162 Å². The van der Waals surface area contributed by atoms with Crippen LogP contribution in [0.1, 0.15) is 72.1 Å². The van der Waals surface area contributed by atoms with Crippen LogP contribution < -0.4 is 134 Å². The number of nitrogens with one attached hydrogen (secondary N) is 3. The van der Waals surface area contributed by atoms with E-state index in [2.05, 4.69) is 119 Å². The molecule has 1 aliphatic heterocycles. The molecule has 1 fully saturated rings. The van der Waals surface area contributed by atoms with E-state index in [0.29, 0.717) is 12.1 Å². The van der Waals surface area contributed by atoms with Crippen LogP contribution in [-0.4, -0.2) is 148 Å². The van der Waals surface area contributed by atoms with Crippen molar-refractivity contribution in [3.63, 3.8) is 0 Å². The summed E-state index contributed by atoms with van der Waals surface area (Å²) >= 11 is 5.76. The Kier molecular flexibility index (Phi) is 53.5. The van der Waals surface area contributed by atoms with Crippen molar-refractivity contribution in [2.75, 3.05) is 65.2 Å². The number of carboxylic acids is 1. The van der Waals surface area contributed by atoms with Crippen molar-refractivity contribution in [2.45, 2.75) is 105 Å². The van der Waals surface area contributed by atoms with Crippen LogP contribution in [0.3, 0.4) is 0 Å². The smallest absolute Gasteiger partial charge is 1.00 e. The van der Waals surface area contributed by atoms with Crippen molar-refractivity contribution in [2.24, 2.45) is 0 Å². The van der Waals surface area contributed by atoms with Crippen LogP contribution in [0.15, 0.2) is 131 Å². The number of hydrogen-bond donors (Lipinski definition) is 9. The minimum atomic E-state index is -4.90. The molecular formula is C67H67Br2Cl2F14K2N9O19S3. The Bertz CT molecular complexity index is 4730. The molecule has 0 aliphatic carbocycles. The number of ether oxygens (including phenoxy) is 2. The largest absolute Gasteiger partial charge is 1.00 e. The average Bonchev–Trinajstić information content (AvgIpc) is 1.67. The van der Waals surface area contributed by atoms with E-state index in [1.807, 2.05) is 0 Å². The van der Waals surface area contributed by atoms with Crippen LogP contribution in [0.5, 0.6) is 11.5 Å². The van der Waals surface area contributed by atoms with Crippen molar-refractivity contribution in [3.05, 3.63) is 189 Å². The third kappa shape index (κ3) is 45.0. The van der Waals surface area contributed by atoms with Crippen molar-refractivity contribution >= 4 is 159 Å². The summed E-state index contributed by atoms with van der Waals surface area (Å²) in [5, 5.41) is 60.6. The van der Waals surface area contributed by atoms with Crippen molar-refractivity contribution in [1.29, 1.82) is 0 Å². The van der Waals surface area contributed by atoms with Gasteiger partial charge in [-0.3, -0.25) is 19.2 Å². The summed E-state index contributed by atoms with van der Waals surface area (Å²) in [5.74, 6) is -3.74. The summed E-state index contributed by atoms with van der Waals surface area (Å²) < 4.78 is 238. The number of nitrogen functional groups attached to an aromatic ring is 1. The van der Waals surface area contributed by atoms with Gasteiger partial charge in [-0.2, -0.15) is 69.5 Å². The number of nitrogens with two attached hydrogens (primary N) is 1. The maximum Gasteiger partial charge on any atom is 1.00 e. The number of amides is 3. The molecule has 7 rings (SSSR count). The number of anilines is 4. The number of benzene rings is 6. The second-order valence-corrected chi connectivity index (χ2v) is 29.2. The van der Waals surface area contributed by atoms with Gasteiger partial charge in [0.05, 0.1) is 64.9 Å². The number of carbonyl (C=O) groups is 5. The van der Waals surface area contributed by atoms with E-state index >= 15 is 0 Å². The molecule has 1 saturated heterocycles. The molecule has 0 saturated carbocycles. The topological polar surface area (TPSA) is 409 Å². The minimum Gasteiger partial charge on any atom is -1.00 e. The van der Waals surface area contributed by atoms with E-state index in [-0.39, 0.29) is 162 Å². The van der Waals surface area contributed by atoms with Crippen molar-refractivity contribution < 1.29 is 255 Å². The van der Waals surface area contributed by atoms with E-state index in [9.17, 15) is 107 Å². The molecule has 118 heavy (non-hydrogen) atoms. The second-order valence-electron chi connectivity index (χ2n) is 22.8. The Morgan fingerprint density at radius 3 is 1.14 bits per heavy atom. The molecule has 0 aromatic heterocycles. The molecule has 10 N–H and O–H groups in total. The zero-order valence-electron chi connectivity index (χ0n) is 63.4. The van der Waals surface area contributed by atoms with E-state index in [0.717, 1.165) is 97.9 Å². The van der Waals surface area contributed by atoms with E-state index in [1.54, 1.807) is 6.92 Å². The summed E-state index contributed by atoms with van der Waals surface area (Å²) in [6, 6.07) is 19.7. The molecule has 640 valence electrons. The van der Waals surface area contributed by atoms with Crippen LogP contribution >= 0.6 is 53.2 Å². The van der Waals surface area contributed by atoms with Gasteiger partial charge in [0.15, 0.2) is 39.6 Å². The number of carbonyl (C=O) groups excluding carboxylic acids is 4. The predicted molar refractivity (Wildman–Crippen MR) is 401 cm³/mol. The molecule has 6 aromatic carbocycles. The van der Waals surface area contributed by atoms with Gasteiger partial charge < -0.3 is 73.2 Å². The normalized spacial score (nSPS) is 13.9. The number of alkyl halides is 14. The van der Waals surface area contributed by atoms with Crippen LogP contribution in [0.2, 0.25) is 0 Å². The fraction of sp³-hybridized carbons (Fsp3) is 0.328. The molecule has 4 atom stereocenters. The summed E-state index contributed by atoms with van der Waals surface area (Å²) in [6.07, 6.45) is -18.7. The molecule has 0 bridgehead atoms. The van der Waals surface area contributed by atoms with Gasteiger partial charge in [0, 0.05) is 54.8 Å². The van der Waals surface area contributed by atoms with Gasteiger partial charge in [0.25, 0.3) is 24.2 Å². The molecular weight excluding hydrogens is 1910 g/mol.